The molecule has 0 aliphatic heterocycles. The quantitative estimate of drug-likeness (QED) is 0.344. The summed E-state index contributed by atoms with van der Waals surface area (Å²) in [6, 6.07) is 0. The number of hydrogen-bond donors (Lipinski definition) is 0. The van der Waals surface area contributed by atoms with Gasteiger partial charge in [-0.25, -0.2) is 0 Å². The maximum atomic E-state index is 2.50. The van der Waals surface area contributed by atoms with Crippen molar-refractivity contribution in [1.29, 1.82) is 0 Å². The van der Waals surface area contributed by atoms with Crippen LogP contribution in [0.5, 0.6) is 0 Å². The normalized spacial score (nSPS) is 12.1. The Morgan fingerprint density at radius 1 is 0.857 bits per heavy atom. The first-order valence-electron chi connectivity index (χ1n) is 9.17. The fourth-order valence-electron chi connectivity index (χ4n) is 3.08. The van der Waals surface area contributed by atoms with Crippen LogP contribution in [0.15, 0.2) is 0 Å². The highest BCUT2D eigenvalue weighted by atomic mass is 15.4. The summed E-state index contributed by atoms with van der Waals surface area (Å²) in [5.74, 6) is 2.23. The van der Waals surface area contributed by atoms with Crippen LogP contribution < -0.4 is 0 Å². The van der Waals surface area contributed by atoms with Gasteiger partial charge in [0.1, 0.15) is 0 Å². The van der Waals surface area contributed by atoms with E-state index >= 15 is 0 Å². The largest absolute Gasteiger partial charge is 0.350 e. The van der Waals surface area contributed by atoms with Crippen LogP contribution in [-0.4, -0.2) is 60.1 Å². The van der Waals surface area contributed by atoms with Crippen molar-refractivity contribution in [3.05, 3.63) is 0 Å². The van der Waals surface area contributed by atoms with E-state index < -0.39 is 0 Å². The summed E-state index contributed by atoms with van der Waals surface area (Å²) >= 11 is 0. The zero-order chi connectivity index (χ0) is 16.3. The van der Waals surface area contributed by atoms with Crippen LogP contribution in [0, 0.1) is 5.92 Å². The summed E-state index contributed by atoms with van der Waals surface area (Å²) in [7, 11) is 2.28. The summed E-state index contributed by atoms with van der Waals surface area (Å²) in [6.45, 7) is 19.2. The van der Waals surface area contributed by atoms with E-state index in [1.165, 1.54) is 38.2 Å². The van der Waals surface area contributed by atoms with E-state index in [1.54, 1.807) is 0 Å². The number of rotatable bonds is 10. The smallest absolute Gasteiger partial charge is 0.267 e. The average Bonchev–Trinajstić information content (AvgIpc) is 2.51. The van der Waals surface area contributed by atoms with Gasteiger partial charge in [-0.2, -0.15) is 0 Å². The lowest BCUT2D eigenvalue weighted by Crippen LogP contribution is -2.49. The summed E-state index contributed by atoms with van der Waals surface area (Å²) in [6.07, 6.45) is 5.32. The second-order valence-electron chi connectivity index (χ2n) is 5.94. The Hall–Kier alpha value is -0.730. The van der Waals surface area contributed by atoms with Crippen LogP contribution in [0.1, 0.15) is 67.2 Å². The molecule has 21 heavy (non-hydrogen) atoms. The predicted octanol–water partition coefficient (Wildman–Crippen LogP) is 3.88. The Kier molecular flexibility index (Phi) is 11.5. The van der Waals surface area contributed by atoms with Crippen molar-refractivity contribution in [2.75, 3.05) is 39.8 Å². The van der Waals surface area contributed by atoms with E-state index in [9.17, 15) is 0 Å². The fraction of sp³-hybridized carbons (Fsp3) is 0.944. The van der Waals surface area contributed by atoms with Gasteiger partial charge in [-0.1, -0.05) is 33.1 Å². The molecule has 0 rings (SSSR count). The van der Waals surface area contributed by atoms with E-state index in [4.69, 9.17) is 0 Å². The second kappa shape index (κ2) is 11.9. The molecule has 1 atom stereocenters. The van der Waals surface area contributed by atoms with Gasteiger partial charge < -0.3 is 0 Å². The number of nitrogens with zero attached hydrogens (tertiary/aromatic N) is 3. The third-order valence-electron chi connectivity index (χ3n) is 4.51. The molecular formula is C18H40N3+. The van der Waals surface area contributed by atoms with Crippen LogP contribution >= 0.6 is 0 Å². The molecule has 0 aliphatic carbocycles. The maximum Gasteiger partial charge on any atom is 0.350 e. The van der Waals surface area contributed by atoms with Crippen molar-refractivity contribution in [2.45, 2.75) is 67.2 Å². The molecule has 0 heterocycles. The first kappa shape index (κ1) is 20.3. The first-order chi connectivity index (χ1) is 10.1. The first-order valence-corrected chi connectivity index (χ1v) is 9.17. The third kappa shape index (κ3) is 6.71. The van der Waals surface area contributed by atoms with Gasteiger partial charge in [0.2, 0.25) is 0 Å². The van der Waals surface area contributed by atoms with Crippen LogP contribution in [0.25, 0.3) is 0 Å². The van der Waals surface area contributed by atoms with Gasteiger partial charge in [-0.05, 0) is 40.0 Å². The topological polar surface area (TPSA) is 9.49 Å². The summed E-state index contributed by atoms with van der Waals surface area (Å²) in [5.41, 5.74) is 0. The van der Waals surface area contributed by atoms with Crippen LogP contribution in [0.2, 0.25) is 0 Å². The molecule has 3 heteroatoms. The highest BCUT2D eigenvalue weighted by Gasteiger charge is 2.25. The number of guanidine groups is 1. The Morgan fingerprint density at radius 2 is 1.33 bits per heavy atom. The van der Waals surface area contributed by atoms with Gasteiger partial charge in [-0.3, -0.25) is 14.4 Å². The molecule has 0 saturated carbocycles. The fourth-order valence-corrected chi connectivity index (χ4v) is 3.08. The van der Waals surface area contributed by atoms with Crippen LogP contribution in [0.3, 0.4) is 0 Å². The number of hydrogen-bond acceptors (Lipinski definition) is 0. The average molecular weight is 299 g/mol. The monoisotopic (exact) mass is 298 g/mol. The third-order valence-corrected chi connectivity index (χ3v) is 4.51. The molecule has 0 aromatic carbocycles. The molecule has 126 valence electrons. The number of unbranched alkanes of at least 4 members (excludes halogenated alkanes) is 1. The molecule has 0 spiro atoms. The van der Waals surface area contributed by atoms with Gasteiger partial charge in [0.25, 0.3) is 0 Å². The minimum Gasteiger partial charge on any atom is -0.267 e. The Labute approximate surface area is 134 Å². The lowest BCUT2D eigenvalue weighted by Gasteiger charge is -2.28. The summed E-state index contributed by atoms with van der Waals surface area (Å²) in [5, 5.41) is 0. The van der Waals surface area contributed by atoms with Gasteiger partial charge >= 0.3 is 5.96 Å². The van der Waals surface area contributed by atoms with E-state index in [-0.39, 0.29) is 0 Å². The molecule has 1 unspecified atom stereocenters. The zero-order valence-electron chi connectivity index (χ0n) is 15.8. The van der Waals surface area contributed by atoms with E-state index in [0.717, 1.165) is 32.1 Å². The highest BCUT2D eigenvalue weighted by Crippen LogP contribution is 2.13. The van der Waals surface area contributed by atoms with Crippen molar-refractivity contribution < 1.29 is 4.58 Å². The van der Waals surface area contributed by atoms with Gasteiger partial charge in [-0.15, -0.1) is 0 Å². The minimum absolute atomic E-state index is 0.816. The molecule has 0 aliphatic rings. The summed E-state index contributed by atoms with van der Waals surface area (Å²) in [4.78, 5) is 5.00. The van der Waals surface area contributed by atoms with Crippen molar-refractivity contribution >= 4 is 5.96 Å². The molecule has 0 aromatic rings. The lowest BCUT2D eigenvalue weighted by molar-refractivity contribution is -0.516. The molecule has 0 amide bonds. The van der Waals surface area contributed by atoms with Crippen LogP contribution in [-0.2, 0) is 0 Å². The van der Waals surface area contributed by atoms with E-state index in [0.29, 0.717) is 0 Å². The van der Waals surface area contributed by atoms with Crippen LogP contribution in [0.4, 0.5) is 0 Å². The minimum atomic E-state index is 0.816. The Morgan fingerprint density at radius 3 is 1.67 bits per heavy atom. The van der Waals surface area contributed by atoms with E-state index in [1.807, 2.05) is 0 Å². The highest BCUT2D eigenvalue weighted by molar-refractivity contribution is 5.75. The molecule has 0 radical (unpaired) electrons. The molecule has 0 fully saturated rings. The van der Waals surface area contributed by atoms with Gasteiger partial charge in [0, 0.05) is 0 Å². The van der Waals surface area contributed by atoms with Crippen molar-refractivity contribution in [2.24, 2.45) is 5.92 Å². The molecular weight excluding hydrogens is 258 g/mol. The van der Waals surface area contributed by atoms with Gasteiger partial charge in [0.15, 0.2) is 0 Å². The van der Waals surface area contributed by atoms with Crippen molar-refractivity contribution in [1.82, 2.24) is 9.80 Å². The molecule has 0 N–H and O–H groups in total. The van der Waals surface area contributed by atoms with Crippen molar-refractivity contribution in [3.8, 4) is 0 Å². The SMILES string of the molecule is CCCCC(CC)C[N+](C)=C(N(CC)CC)N(CC)CC. The molecule has 0 saturated heterocycles. The summed E-state index contributed by atoms with van der Waals surface area (Å²) < 4.78 is 2.50. The molecule has 0 bridgehead atoms. The lowest BCUT2D eigenvalue weighted by atomic mass is 9.99. The predicted molar refractivity (Wildman–Crippen MR) is 95.2 cm³/mol. The second-order valence-corrected chi connectivity index (χ2v) is 5.94. The van der Waals surface area contributed by atoms with Crippen molar-refractivity contribution in [3.63, 3.8) is 0 Å². The molecule has 3 nitrogen and oxygen atoms in total. The van der Waals surface area contributed by atoms with E-state index in [2.05, 4.69) is 63.0 Å². The van der Waals surface area contributed by atoms with Gasteiger partial charge in [0.05, 0.1) is 39.8 Å². The Balaban J connectivity index is 5.21. The Bertz CT molecular complexity index is 264. The maximum absolute atomic E-state index is 2.50. The molecule has 0 aromatic heterocycles. The standard InChI is InChI=1S/C18H40N3/c1-8-14-15-17(9-2)16-19(7)18(20(10-3)11-4)21(12-5)13-6/h17H,8-16H2,1-7H3/q+1. The zero-order valence-corrected chi connectivity index (χ0v) is 15.8.